The van der Waals surface area contributed by atoms with E-state index < -0.39 is 29.3 Å². The molecular weight excluding hydrogens is 336 g/mol. The number of rotatable bonds is 5. The minimum atomic E-state index is -2.03. The largest absolute Gasteiger partial charge is 0.408 e. The molecule has 1 fully saturated rings. The summed E-state index contributed by atoms with van der Waals surface area (Å²) in [5.74, 6) is -1.11. The van der Waals surface area contributed by atoms with E-state index in [0.29, 0.717) is 18.8 Å². The van der Waals surface area contributed by atoms with Crippen molar-refractivity contribution in [3.05, 3.63) is 23.5 Å². The lowest BCUT2D eigenvalue weighted by atomic mass is 9.65. The number of Topliss-reactive ketones (excluding diaryl/α,β-unsaturated/α-hetero) is 1. The fourth-order valence-electron chi connectivity index (χ4n) is 4.54. The van der Waals surface area contributed by atoms with Crippen LogP contribution in [0.2, 0.25) is 0 Å². The third kappa shape index (κ3) is 2.57. The number of unbranched alkanes of at least 4 members (excludes halogenated alkanes) is 1. The van der Waals surface area contributed by atoms with Gasteiger partial charge < -0.3 is 14.7 Å². The number of hydroxylamine groups is 1. The Morgan fingerprint density at radius 3 is 2.88 bits per heavy atom. The number of hydrogen-bond donors (Lipinski definition) is 2. The van der Waals surface area contributed by atoms with Crippen LogP contribution in [0, 0.1) is 5.92 Å². The van der Waals surface area contributed by atoms with E-state index in [9.17, 15) is 14.7 Å². The second-order valence-electron chi connectivity index (χ2n) is 7.49. The second kappa shape index (κ2) is 6.88. The van der Waals surface area contributed by atoms with Gasteiger partial charge in [-0.1, -0.05) is 19.4 Å². The van der Waals surface area contributed by atoms with Crippen molar-refractivity contribution < 1.29 is 24.3 Å². The van der Waals surface area contributed by atoms with Gasteiger partial charge in [-0.15, -0.1) is 5.48 Å². The first-order chi connectivity index (χ1) is 12.6. The number of nitrogens with one attached hydrogen (secondary N) is 1. The monoisotopic (exact) mass is 362 g/mol. The van der Waals surface area contributed by atoms with Gasteiger partial charge in [-0.25, -0.2) is 0 Å². The van der Waals surface area contributed by atoms with Crippen molar-refractivity contribution in [3.8, 4) is 0 Å². The highest BCUT2D eigenvalue weighted by atomic mass is 16.7. The zero-order chi connectivity index (χ0) is 18.3. The molecule has 0 bridgehead atoms. The minimum Gasteiger partial charge on any atom is -0.408 e. The van der Waals surface area contributed by atoms with Gasteiger partial charge in [0, 0.05) is 12.5 Å². The van der Waals surface area contributed by atoms with Gasteiger partial charge in [0.05, 0.1) is 11.6 Å². The normalized spacial score (nSPS) is 37.1. The number of ether oxygens (including phenoxy) is 1. The van der Waals surface area contributed by atoms with Crippen LogP contribution in [0.15, 0.2) is 23.5 Å². The summed E-state index contributed by atoms with van der Waals surface area (Å²) in [6, 6.07) is -0.295. The van der Waals surface area contributed by atoms with Gasteiger partial charge in [-0.3, -0.25) is 14.5 Å². The molecule has 2 heterocycles. The summed E-state index contributed by atoms with van der Waals surface area (Å²) >= 11 is 0. The van der Waals surface area contributed by atoms with Crippen LogP contribution in [0.5, 0.6) is 0 Å². The van der Waals surface area contributed by atoms with E-state index in [4.69, 9.17) is 9.57 Å². The molecule has 26 heavy (non-hydrogen) atoms. The fourth-order valence-corrected chi connectivity index (χ4v) is 4.54. The molecule has 0 amide bonds. The summed E-state index contributed by atoms with van der Waals surface area (Å²) in [6.07, 6.45) is 6.77. The molecule has 2 aliphatic heterocycles. The molecule has 0 aromatic heterocycles. The number of allylic oxidation sites excluding steroid dienone is 1. The van der Waals surface area contributed by atoms with Gasteiger partial charge in [-0.05, 0) is 44.8 Å². The molecule has 2 N–H and O–H groups in total. The molecule has 4 atom stereocenters. The number of hydrogen-bond acceptors (Lipinski definition) is 7. The zero-order valence-electron chi connectivity index (χ0n) is 15.1. The first-order valence-corrected chi connectivity index (χ1v) is 9.59. The molecule has 0 radical (unpaired) electrons. The lowest BCUT2D eigenvalue weighted by Crippen LogP contribution is -2.64. The summed E-state index contributed by atoms with van der Waals surface area (Å²) in [5, 5.41) is 11.2. The van der Waals surface area contributed by atoms with Crippen molar-refractivity contribution in [1.29, 1.82) is 0 Å². The Balaban J connectivity index is 1.74. The van der Waals surface area contributed by atoms with Crippen LogP contribution in [0.3, 0.4) is 0 Å². The minimum absolute atomic E-state index is 0.278. The fraction of sp³-hybridized carbons (Fsp3) is 0.684. The van der Waals surface area contributed by atoms with E-state index in [1.54, 1.807) is 6.08 Å². The van der Waals surface area contributed by atoms with E-state index in [1.807, 2.05) is 0 Å². The van der Waals surface area contributed by atoms with Crippen molar-refractivity contribution >= 4 is 11.6 Å². The number of carbonyl (C=O) groups excluding carboxylic acids is 2. The van der Waals surface area contributed by atoms with Crippen LogP contribution >= 0.6 is 0 Å². The molecule has 7 heteroatoms. The Kier molecular flexibility index (Phi) is 4.73. The predicted octanol–water partition coefficient (Wildman–Crippen LogP) is 0.841. The molecule has 2 aliphatic carbocycles. The van der Waals surface area contributed by atoms with Gasteiger partial charge in [0.2, 0.25) is 5.78 Å². The van der Waals surface area contributed by atoms with E-state index in [2.05, 4.69) is 17.3 Å². The summed E-state index contributed by atoms with van der Waals surface area (Å²) in [6.45, 7) is 4.27. The molecule has 142 valence electrons. The Bertz CT molecular complexity index is 667. The maximum atomic E-state index is 13.2. The highest BCUT2D eigenvalue weighted by Gasteiger charge is 2.62. The summed E-state index contributed by atoms with van der Waals surface area (Å²) < 4.78 is 5.78. The Morgan fingerprint density at radius 1 is 1.38 bits per heavy atom. The molecule has 0 saturated carbocycles. The van der Waals surface area contributed by atoms with Crippen molar-refractivity contribution in [1.82, 2.24) is 10.4 Å². The van der Waals surface area contributed by atoms with Gasteiger partial charge in [0.15, 0.2) is 23.4 Å². The molecule has 2 unspecified atom stereocenters. The number of fused-ring (bicyclic) bond motifs is 1. The summed E-state index contributed by atoms with van der Waals surface area (Å²) in [5.41, 5.74) is 1.05. The molecule has 4 rings (SSSR count). The second-order valence-corrected chi connectivity index (χ2v) is 7.49. The number of ketones is 2. The van der Waals surface area contributed by atoms with E-state index in [1.165, 1.54) is 6.08 Å². The first kappa shape index (κ1) is 17.9. The van der Waals surface area contributed by atoms with E-state index >= 15 is 0 Å². The van der Waals surface area contributed by atoms with Crippen molar-refractivity contribution in [2.75, 3.05) is 19.7 Å². The molecule has 0 aromatic carbocycles. The Hall–Kier alpha value is -1.54. The van der Waals surface area contributed by atoms with Gasteiger partial charge in [-0.2, -0.15) is 0 Å². The highest BCUT2D eigenvalue weighted by Crippen LogP contribution is 2.46. The SMILES string of the molecule is CCCCOC1NOC2=C1C(=O)[C@@]1(O)C(=O)C=CCC1[C@@H]2N1CCCC1. The summed E-state index contributed by atoms with van der Waals surface area (Å²) in [7, 11) is 0. The van der Waals surface area contributed by atoms with Crippen molar-refractivity contribution in [3.63, 3.8) is 0 Å². The average Bonchev–Trinajstić information content (AvgIpc) is 3.29. The third-order valence-corrected chi connectivity index (χ3v) is 5.93. The Morgan fingerprint density at radius 2 is 2.15 bits per heavy atom. The smallest absolute Gasteiger partial charge is 0.206 e. The quantitative estimate of drug-likeness (QED) is 0.553. The lowest BCUT2D eigenvalue weighted by molar-refractivity contribution is -0.157. The molecule has 0 spiro atoms. The van der Waals surface area contributed by atoms with Crippen molar-refractivity contribution in [2.24, 2.45) is 5.92 Å². The number of nitrogens with zero attached hydrogens (tertiary/aromatic N) is 1. The van der Waals surface area contributed by atoms with Crippen LogP contribution in [0.1, 0.15) is 39.0 Å². The first-order valence-electron chi connectivity index (χ1n) is 9.59. The van der Waals surface area contributed by atoms with Crippen LogP contribution in [0.25, 0.3) is 0 Å². The van der Waals surface area contributed by atoms with Crippen LogP contribution in [0.4, 0.5) is 0 Å². The summed E-state index contributed by atoms with van der Waals surface area (Å²) in [4.78, 5) is 33.7. The maximum Gasteiger partial charge on any atom is 0.206 e. The maximum absolute atomic E-state index is 13.2. The average molecular weight is 362 g/mol. The molecular formula is C19H26N2O5. The Labute approximate surface area is 153 Å². The predicted molar refractivity (Wildman–Crippen MR) is 92.7 cm³/mol. The van der Waals surface area contributed by atoms with Crippen LogP contribution in [-0.4, -0.2) is 59.1 Å². The molecule has 4 aliphatic rings. The lowest BCUT2D eigenvalue weighted by Gasteiger charge is -2.45. The van der Waals surface area contributed by atoms with Crippen LogP contribution in [-0.2, 0) is 19.2 Å². The van der Waals surface area contributed by atoms with Crippen molar-refractivity contribution in [2.45, 2.75) is 56.9 Å². The third-order valence-electron chi connectivity index (χ3n) is 5.93. The molecule has 1 saturated heterocycles. The van der Waals surface area contributed by atoms with E-state index in [-0.39, 0.29) is 11.6 Å². The van der Waals surface area contributed by atoms with Gasteiger partial charge in [0.1, 0.15) is 0 Å². The highest BCUT2D eigenvalue weighted by molar-refractivity contribution is 6.22. The standard InChI is InChI=1S/C19H26N2O5/c1-2-3-11-25-18-14-16(26-20-18)15(21-9-4-5-10-21)12-7-6-8-13(22)19(12,24)17(14)23/h6,8,12,15,18,20,24H,2-5,7,9-11H2,1H3/t12?,15-,18?,19-/m0/s1. The molecule has 7 nitrogen and oxygen atoms in total. The van der Waals surface area contributed by atoms with Gasteiger partial charge in [0.25, 0.3) is 0 Å². The number of carbonyl (C=O) groups is 2. The zero-order valence-corrected chi connectivity index (χ0v) is 15.1. The van der Waals surface area contributed by atoms with E-state index in [0.717, 1.165) is 38.8 Å². The van der Waals surface area contributed by atoms with Crippen LogP contribution < -0.4 is 5.48 Å². The topological polar surface area (TPSA) is 88.1 Å². The number of aliphatic hydroxyl groups is 1. The number of likely N-dealkylation sites (tertiary alicyclic amines) is 1. The van der Waals surface area contributed by atoms with Gasteiger partial charge >= 0.3 is 0 Å². The molecule has 0 aromatic rings.